The summed E-state index contributed by atoms with van der Waals surface area (Å²) in [7, 11) is 0. The lowest BCUT2D eigenvalue weighted by atomic mass is 9.98. The van der Waals surface area contributed by atoms with E-state index in [9.17, 15) is 4.79 Å². The summed E-state index contributed by atoms with van der Waals surface area (Å²) in [5.41, 5.74) is 9.49. The Morgan fingerprint density at radius 1 is 1.14 bits per heavy atom. The van der Waals surface area contributed by atoms with Gasteiger partial charge in [-0.25, -0.2) is 0 Å². The van der Waals surface area contributed by atoms with Gasteiger partial charge in [0.2, 0.25) is 0 Å². The van der Waals surface area contributed by atoms with E-state index in [4.69, 9.17) is 18.0 Å². The molecule has 1 aliphatic heterocycles. The van der Waals surface area contributed by atoms with Crippen LogP contribution in [0.4, 0.5) is 0 Å². The fourth-order valence-electron chi connectivity index (χ4n) is 2.62. The number of nitrogens with zero attached hydrogens (tertiary/aromatic N) is 1. The van der Waals surface area contributed by atoms with E-state index >= 15 is 0 Å². The van der Waals surface area contributed by atoms with Gasteiger partial charge in [-0.1, -0.05) is 54.7 Å². The van der Waals surface area contributed by atoms with Gasteiger partial charge in [-0.05, 0) is 23.6 Å². The van der Waals surface area contributed by atoms with Gasteiger partial charge in [0.1, 0.15) is 4.99 Å². The predicted molar refractivity (Wildman–Crippen MR) is 87.2 cm³/mol. The van der Waals surface area contributed by atoms with Crippen molar-refractivity contribution in [2.75, 3.05) is 6.54 Å². The number of carbonyl (C=O) groups excluding carboxylic acids is 1. The molecule has 106 valence electrons. The number of nitrogens with two attached hydrogens (primary N) is 1. The van der Waals surface area contributed by atoms with E-state index in [2.05, 4.69) is 0 Å². The number of hydrogen-bond donors (Lipinski definition) is 1. The van der Waals surface area contributed by atoms with Crippen LogP contribution in [0.3, 0.4) is 0 Å². The van der Waals surface area contributed by atoms with Gasteiger partial charge in [0, 0.05) is 24.2 Å². The van der Waals surface area contributed by atoms with Crippen LogP contribution in [0.15, 0.2) is 48.5 Å². The highest BCUT2D eigenvalue weighted by Crippen LogP contribution is 2.20. The third-order valence-corrected chi connectivity index (χ3v) is 4.03. The summed E-state index contributed by atoms with van der Waals surface area (Å²) in [6.45, 7) is 1.37. The number of thiocarbonyl (C=S) groups is 1. The SMILES string of the molecule is NC(=S)c1ccc(CN2CCc3ccccc3C2=O)cc1. The van der Waals surface area contributed by atoms with Crippen molar-refractivity contribution in [2.45, 2.75) is 13.0 Å². The molecule has 0 unspecified atom stereocenters. The van der Waals surface area contributed by atoms with Gasteiger partial charge in [0.25, 0.3) is 5.91 Å². The molecule has 21 heavy (non-hydrogen) atoms. The normalized spacial score (nSPS) is 13.9. The highest BCUT2D eigenvalue weighted by atomic mass is 32.1. The zero-order chi connectivity index (χ0) is 14.8. The van der Waals surface area contributed by atoms with Crippen LogP contribution < -0.4 is 5.73 Å². The van der Waals surface area contributed by atoms with E-state index in [1.807, 2.05) is 53.4 Å². The third kappa shape index (κ3) is 2.81. The fourth-order valence-corrected chi connectivity index (χ4v) is 2.76. The van der Waals surface area contributed by atoms with Crippen LogP contribution in [-0.4, -0.2) is 22.3 Å². The average molecular weight is 296 g/mol. The van der Waals surface area contributed by atoms with Crippen LogP contribution in [0.2, 0.25) is 0 Å². The molecule has 0 aliphatic carbocycles. The number of carbonyl (C=O) groups is 1. The number of hydrogen-bond acceptors (Lipinski definition) is 2. The fraction of sp³-hybridized carbons (Fsp3) is 0.176. The predicted octanol–water partition coefficient (Wildman–Crippen LogP) is 2.52. The van der Waals surface area contributed by atoms with Gasteiger partial charge in [-0.15, -0.1) is 0 Å². The molecule has 2 aromatic carbocycles. The Labute approximate surface area is 129 Å². The monoisotopic (exact) mass is 296 g/mol. The summed E-state index contributed by atoms with van der Waals surface area (Å²) in [5.74, 6) is 0.107. The number of rotatable bonds is 3. The van der Waals surface area contributed by atoms with Crippen molar-refractivity contribution in [1.29, 1.82) is 0 Å². The minimum Gasteiger partial charge on any atom is -0.389 e. The van der Waals surface area contributed by atoms with Crippen molar-refractivity contribution in [3.63, 3.8) is 0 Å². The number of benzene rings is 2. The van der Waals surface area contributed by atoms with Crippen LogP contribution in [0.25, 0.3) is 0 Å². The topological polar surface area (TPSA) is 46.3 Å². The van der Waals surface area contributed by atoms with Crippen molar-refractivity contribution in [3.05, 3.63) is 70.8 Å². The Kier molecular flexibility index (Phi) is 3.71. The molecule has 1 amide bonds. The zero-order valence-corrected chi connectivity index (χ0v) is 12.4. The molecule has 2 aromatic rings. The minimum absolute atomic E-state index is 0.107. The Bertz CT molecular complexity index is 694. The molecule has 3 rings (SSSR count). The summed E-state index contributed by atoms with van der Waals surface area (Å²) >= 11 is 4.94. The second kappa shape index (κ2) is 5.66. The van der Waals surface area contributed by atoms with Crippen molar-refractivity contribution >= 4 is 23.1 Å². The van der Waals surface area contributed by atoms with E-state index < -0.39 is 0 Å². The van der Waals surface area contributed by atoms with Gasteiger partial charge in [0.15, 0.2) is 0 Å². The quantitative estimate of drug-likeness (QED) is 0.885. The lowest BCUT2D eigenvalue weighted by Crippen LogP contribution is -2.36. The highest BCUT2D eigenvalue weighted by molar-refractivity contribution is 7.80. The van der Waals surface area contributed by atoms with Gasteiger partial charge >= 0.3 is 0 Å². The second-order valence-electron chi connectivity index (χ2n) is 5.20. The molecule has 0 bridgehead atoms. The maximum absolute atomic E-state index is 12.5. The molecule has 0 fully saturated rings. The standard InChI is InChI=1S/C17H16N2OS/c18-16(21)14-7-5-12(6-8-14)11-19-10-9-13-3-1-2-4-15(13)17(19)20/h1-8H,9-11H2,(H2,18,21). The maximum Gasteiger partial charge on any atom is 0.254 e. The van der Waals surface area contributed by atoms with Crippen LogP contribution in [0.1, 0.15) is 27.0 Å². The molecule has 4 heteroatoms. The van der Waals surface area contributed by atoms with Crippen LogP contribution in [-0.2, 0) is 13.0 Å². The molecule has 0 atom stereocenters. The zero-order valence-electron chi connectivity index (χ0n) is 11.6. The van der Waals surface area contributed by atoms with Crippen LogP contribution in [0.5, 0.6) is 0 Å². The second-order valence-corrected chi connectivity index (χ2v) is 5.63. The summed E-state index contributed by atoms with van der Waals surface area (Å²) < 4.78 is 0. The largest absolute Gasteiger partial charge is 0.389 e. The van der Waals surface area contributed by atoms with E-state index in [0.717, 1.165) is 35.2 Å². The molecule has 3 nitrogen and oxygen atoms in total. The number of amides is 1. The van der Waals surface area contributed by atoms with Gasteiger partial charge in [-0.2, -0.15) is 0 Å². The first-order chi connectivity index (χ1) is 10.1. The van der Waals surface area contributed by atoms with Crippen molar-refractivity contribution in [1.82, 2.24) is 4.90 Å². The van der Waals surface area contributed by atoms with E-state index in [1.165, 1.54) is 0 Å². The van der Waals surface area contributed by atoms with Crippen molar-refractivity contribution < 1.29 is 4.79 Å². The Balaban J connectivity index is 1.77. The molecular weight excluding hydrogens is 280 g/mol. The van der Waals surface area contributed by atoms with Crippen LogP contribution >= 0.6 is 12.2 Å². The molecule has 2 N–H and O–H groups in total. The molecular formula is C17H16N2OS. The molecule has 0 saturated heterocycles. The lowest BCUT2D eigenvalue weighted by Gasteiger charge is -2.28. The smallest absolute Gasteiger partial charge is 0.254 e. The average Bonchev–Trinajstić information content (AvgIpc) is 2.51. The first-order valence-electron chi connectivity index (χ1n) is 6.91. The Hall–Kier alpha value is -2.20. The molecule has 1 aliphatic rings. The molecule has 1 heterocycles. The third-order valence-electron chi connectivity index (χ3n) is 3.80. The number of fused-ring (bicyclic) bond motifs is 1. The molecule has 0 spiro atoms. The van der Waals surface area contributed by atoms with Crippen molar-refractivity contribution in [2.24, 2.45) is 5.73 Å². The van der Waals surface area contributed by atoms with Gasteiger partial charge in [-0.3, -0.25) is 4.79 Å². The summed E-state index contributed by atoms with van der Waals surface area (Å²) in [5, 5.41) is 0. The Morgan fingerprint density at radius 2 is 1.86 bits per heavy atom. The van der Waals surface area contributed by atoms with Gasteiger partial charge < -0.3 is 10.6 Å². The first-order valence-corrected chi connectivity index (χ1v) is 7.32. The summed E-state index contributed by atoms with van der Waals surface area (Å²) in [6, 6.07) is 15.6. The van der Waals surface area contributed by atoms with E-state index in [1.54, 1.807) is 0 Å². The lowest BCUT2D eigenvalue weighted by molar-refractivity contribution is 0.0727. The summed E-state index contributed by atoms with van der Waals surface area (Å²) in [4.78, 5) is 14.8. The highest BCUT2D eigenvalue weighted by Gasteiger charge is 2.23. The minimum atomic E-state index is 0.107. The first kappa shape index (κ1) is 13.8. The van der Waals surface area contributed by atoms with Gasteiger partial charge in [0.05, 0.1) is 0 Å². The van der Waals surface area contributed by atoms with Crippen LogP contribution in [0, 0.1) is 0 Å². The molecule has 0 aromatic heterocycles. The van der Waals surface area contributed by atoms with Crippen molar-refractivity contribution in [3.8, 4) is 0 Å². The van der Waals surface area contributed by atoms with E-state index in [0.29, 0.717) is 11.5 Å². The maximum atomic E-state index is 12.5. The Morgan fingerprint density at radius 3 is 2.57 bits per heavy atom. The summed E-state index contributed by atoms with van der Waals surface area (Å²) in [6.07, 6.45) is 0.910. The molecule has 0 radical (unpaired) electrons. The van der Waals surface area contributed by atoms with E-state index in [-0.39, 0.29) is 5.91 Å². The molecule has 0 saturated carbocycles.